The van der Waals surface area contributed by atoms with E-state index in [9.17, 15) is 0 Å². The molecule has 1 aromatic rings. The lowest BCUT2D eigenvalue weighted by Gasteiger charge is -2.30. The Morgan fingerprint density at radius 3 is 2.68 bits per heavy atom. The van der Waals surface area contributed by atoms with Gasteiger partial charge < -0.3 is 10.1 Å². The van der Waals surface area contributed by atoms with Crippen LogP contribution < -0.4 is 5.32 Å². The summed E-state index contributed by atoms with van der Waals surface area (Å²) in [6, 6.07) is 4.92. The summed E-state index contributed by atoms with van der Waals surface area (Å²) in [6.45, 7) is 7.19. The molecule has 1 fully saturated rings. The SMILES string of the molecule is CCNC(Cc1ccc(CC)cn1)C1CCOCC1. The molecule has 2 rings (SSSR count). The van der Waals surface area contributed by atoms with E-state index in [0.29, 0.717) is 6.04 Å². The van der Waals surface area contributed by atoms with Crippen LogP contribution in [0.1, 0.15) is 37.9 Å². The molecule has 2 heterocycles. The highest BCUT2D eigenvalue weighted by molar-refractivity contribution is 5.14. The summed E-state index contributed by atoms with van der Waals surface area (Å²) in [5, 5.41) is 3.63. The Balaban J connectivity index is 1.97. The fourth-order valence-electron chi connectivity index (χ4n) is 2.80. The van der Waals surface area contributed by atoms with Crippen molar-refractivity contribution in [3.63, 3.8) is 0 Å². The Hall–Kier alpha value is -0.930. The minimum absolute atomic E-state index is 0.536. The van der Waals surface area contributed by atoms with Crippen molar-refractivity contribution in [1.29, 1.82) is 0 Å². The zero-order valence-electron chi connectivity index (χ0n) is 12.2. The Morgan fingerprint density at radius 1 is 1.32 bits per heavy atom. The predicted molar refractivity (Wildman–Crippen MR) is 78.3 cm³/mol. The summed E-state index contributed by atoms with van der Waals surface area (Å²) in [4.78, 5) is 4.60. The van der Waals surface area contributed by atoms with Gasteiger partial charge in [0.2, 0.25) is 0 Å². The molecule has 0 spiro atoms. The van der Waals surface area contributed by atoms with Gasteiger partial charge in [-0.1, -0.05) is 19.9 Å². The lowest BCUT2D eigenvalue weighted by molar-refractivity contribution is 0.0538. The molecule has 106 valence electrons. The second-order valence-electron chi connectivity index (χ2n) is 5.33. The monoisotopic (exact) mass is 262 g/mol. The van der Waals surface area contributed by atoms with Gasteiger partial charge in [-0.25, -0.2) is 0 Å². The van der Waals surface area contributed by atoms with Crippen LogP contribution in [0.3, 0.4) is 0 Å². The molecule has 0 aromatic carbocycles. The standard InChI is InChI=1S/C16H26N2O/c1-3-13-5-6-15(18-12-13)11-16(17-4-2)14-7-9-19-10-8-14/h5-6,12,14,16-17H,3-4,7-11H2,1-2H3. The average Bonchev–Trinajstić information content (AvgIpc) is 2.48. The van der Waals surface area contributed by atoms with Gasteiger partial charge in [-0.3, -0.25) is 4.98 Å². The number of hydrogen-bond donors (Lipinski definition) is 1. The molecule has 3 nitrogen and oxygen atoms in total. The molecule has 3 heteroatoms. The predicted octanol–water partition coefficient (Wildman–Crippen LogP) is 2.59. The van der Waals surface area contributed by atoms with Crippen molar-refractivity contribution in [3.8, 4) is 0 Å². The van der Waals surface area contributed by atoms with Crippen molar-refractivity contribution in [3.05, 3.63) is 29.6 Å². The highest BCUT2D eigenvalue weighted by Crippen LogP contribution is 2.21. The molecule has 19 heavy (non-hydrogen) atoms. The van der Waals surface area contributed by atoms with Crippen LogP contribution in [0.25, 0.3) is 0 Å². The first kappa shape index (κ1) is 14.5. The minimum Gasteiger partial charge on any atom is -0.381 e. The molecule has 0 radical (unpaired) electrons. The fraction of sp³-hybridized carbons (Fsp3) is 0.688. The number of pyridine rings is 1. The molecule has 0 amide bonds. The molecule has 0 bridgehead atoms. The maximum absolute atomic E-state index is 5.47. The van der Waals surface area contributed by atoms with Crippen molar-refractivity contribution in [2.24, 2.45) is 5.92 Å². The number of rotatable bonds is 6. The first-order chi connectivity index (χ1) is 9.33. The lowest BCUT2D eigenvalue weighted by Crippen LogP contribution is -2.40. The van der Waals surface area contributed by atoms with E-state index < -0.39 is 0 Å². The fourth-order valence-corrected chi connectivity index (χ4v) is 2.80. The minimum atomic E-state index is 0.536. The summed E-state index contributed by atoms with van der Waals surface area (Å²) in [5.74, 6) is 0.723. The van der Waals surface area contributed by atoms with E-state index in [2.05, 4.69) is 36.3 Å². The van der Waals surface area contributed by atoms with Crippen molar-refractivity contribution in [1.82, 2.24) is 10.3 Å². The lowest BCUT2D eigenvalue weighted by atomic mass is 9.88. The topological polar surface area (TPSA) is 34.2 Å². The molecule has 0 aliphatic carbocycles. The van der Waals surface area contributed by atoms with Crippen LogP contribution in [0.15, 0.2) is 18.3 Å². The average molecular weight is 262 g/mol. The van der Waals surface area contributed by atoms with Crippen LogP contribution in [0.2, 0.25) is 0 Å². The summed E-state index contributed by atoms with van der Waals surface area (Å²) < 4.78 is 5.47. The van der Waals surface area contributed by atoms with E-state index in [1.54, 1.807) is 0 Å². The number of ether oxygens (including phenoxy) is 1. The van der Waals surface area contributed by atoms with Gasteiger partial charge in [-0.05, 0) is 43.4 Å². The molecule has 0 saturated carbocycles. The third kappa shape index (κ3) is 4.29. The number of aromatic nitrogens is 1. The molecular formula is C16H26N2O. The van der Waals surface area contributed by atoms with E-state index in [1.807, 2.05) is 6.20 Å². The van der Waals surface area contributed by atoms with Crippen molar-refractivity contribution in [2.45, 2.75) is 45.6 Å². The number of likely N-dealkylation sites (N-methyl/N-ethyl adjacent to an activating group) is 1. The highest BCUT2D eigenvalue weighted by Gasteiger charge is 2.23. The van der Waals surface area contributed by atoms with E-state index in [-0.39, 0.29) is 0 Å². The van der Waals surface area contributed by atoms with Gasteiger partial charge in [0.15, 0.2) is 0 Å². The zero-order valence-corrected chi connectivity index (χ0v) is 12.2. The van der Waals surface area contributed by atoms with Crippen LogP contribution in [-0.2, 0) is 17.6 Å². The van der Waals surface area contributed by atoms with E-state index in [0.717, 1.165) is 38.5 Å². The summed E-state index contributed by atoms with van der Waals surface area (Å²) in [7, 11) is 0. The number of aryl methyl sites for hydroxylation is 1. The van der Waals surface area contributed by atoms with Gasteiger partial charge in [-0.15, -0.1) is 0 Å². The second kappa shape index (κ2) is 7.61. The highest BCUT2D eigenvalue weighted by atomic mass is 16.5. The van der Waals surface area contributed by atoms with Crippen LogP contribution >= 0.6 is 0 Å². The number of hydrogen-bond acceptors (Lipinski definition) is 3. The summed E-state index contributed by atoms with van der Waals surface area (Å²) >= 11 is 0. The molecule has 1 N–H and O–H groups in total. The van der Waals surface area contributed by atoms with Crippen molar-refractivity contribution in [2.75, 3.05) is 19.8 Å². The smallest absolute Gasteiger partial charge is 0.0469 e. The Kier molecular flexibility index (Phi) is 5.80. The quantitative estimate of drug-likeness (QED) is 0.855. The largest absolute Gasteiger partial charge is 0.381 e. The van der Waals surface area contributed by atoms with Crippen LogP contribution in [0.5, 0.6) is 0 Å². The van der Waals surface area contributed by atoms with E-state index >= 15 is 0 Å². The van der Waals surface area contributed by atoms with E-state index in [1.165, 1.54) is 24.1 Å². The molecule has 1 aromatic heterocycles. The van der Waals surface area contributed by atoms with Gasteiger partial charge in [-0.2, -0.15) is 0 Å². The first-order valence-corrected chi connectivity index (χ1v) is 7.58. The molecule has 1 saturated heterocycles. The maximum atomic E-state index is 5.47. The molecule has 1 unspecified atom stereocenters. The number of nitrogens with one attached hydrogen (secondary N) is 1. The Morgan fingerprint density at radius 2 is 2.11 bits per heavy atom. The van der Waals surface area contributed by atoms with Gasteiger partial charge in [0.1, 0.15) is 0 Å². The summed E-state index contributed by atoms with van der Waals surface area (Å²) in [6.07, 6.45) is 6.45. The summed E-state index contributed by atoms with van der Waals surface area (Å²) in [5.41, 5.74) is 2.52. The molecule has 1 atom stereocenters. The third-order valence-electron chi connectivity index (χ3n) is 4.02. The van der Waals surface area contributed by atoms with Crippen LogP contribution in [0, 0.1) is 5.92 Å². The second-order valence-corrected chi connectivity index (χ2v) is 5.33. The number of nitrogens with zero attached hydrogens (tertiary/aromatic N) is 1. The van der Waals surface area contributed by atoms with Crippen molar-refractivity contribution < 1.29 is 4.74 Å². The molecule has 1 aliphatic rings. The van der Waals surface area contributed by atoms with Gasteiger partial charge in [0.05, 0.1) is 0 Å². The van der Waals surface area contributed by atoms with Crippen LogP contribution in [-0.4, -0.2) is 30.8 Å². The third-order valence-corrected chi connectivity index (χ3v) is 4.02. The molecular weight excluding hydrogens is 236 g/mol. The first-order valence-electron chi connectivity index (χ1n) is 7.58. The molecule has 1 aliphatic heterocycles. The van der Waals surface area contributed by atoms with Gasteiger partial charge in [0.25, 0.3) is 0 Å². The Labute approximate surface area is 116 Å². The Bertz CT molecular complexity index is 358. The van der Waals surface area contributed by atoms with E-state index in [4.69, 9.17) is 4.74 Å². The van der Waals surface area contributed by atoms with Crippen molar-refractivity contribution >= 4 is 0 Å². The zero-order chi connectivity index (χ0) is 13.5. The normalized spacial score (nSPS) is 18.4. The van der Waals surface area contributed by atoms with Gasteiger partial charge in [0, 0.05) is 37.6 Å². The van der Waals surface area contributed by atoms with Crippen LogP contribution in [0.4, 0.5) is 0 Å². The maximum Gasteiger partial charge on any atom is 0.0469 e. The van der Waals surface area contributed by atoms with Gasteiger partial charge >= 0.3 is 0 Å².